The zero-order chi connectivity index (χ0) is 16.9. The number of hydrogen-bond donors (Lipinski definition) is 0. The fourth-order valence-electron chi connectivity index (χ4n) is 2.45. The van der Waals surface area contributed by atoms with Crippen LogP contribution in [-0.4, -0.2) is 38.9 Å². The summed E-state index contributed by atoms with van der Waals surface area (Å²) < 4.78 is 1.80. The number of rotatable bonds is 5. The fourth-order valence-corrected chi connectivity index (χ4v) is 2.93. The minimum Gasteiger partial charge on any atom is -0.337 e. The van der Waals surface area contributed by atoms with E-state index in [0.29, 0.717) is 12.1 Å². The van der Waals surface area contributed by atoms with Gasteiger partial charge in [0.05, 0.1) is 0 Å². The van der Waals surface area contributed by atoms with Gasteiger partial charge in [0.15, 0.2) is 0 Å². The molecule has 122 valence electrons. The molecule has 0 saturated carbocycles. The molecule has 5 nitrogen and oxygen atoms in total. The summed E-state index contributed by atoms with van der Waals surface area (Å²) in [4.78, 5) is 15.5. The van der Waals surface area contributed by atoms with Gasteiger partial charge in [-0.3, -0.25) is 9.36 Å². The molecule has 0 aliphatic rings. The lowest BCUT2D eigenvalue weighted by Gasteiger charge is -2.18. The van der Waals surface area contributed by atoms with Crippen molar-refractivity contribution >= 4 is 17.7 Å². The molecule has 0 saturated heterocycles. The molecule has 0 bridgehead atoms. The summed E-state index contributed by atoms with van der Waals surface area (Å²) in [6, 6.07) is 15.7. The minimum atomic E-state index is -0.000129. The SMILES string of the molecule is CSc1cccc(CN(C)C(=O)c2ccc(-n3cnnc3)cc2)c1. The van der Waals surface area contributed by atoms with Gasteiger partial charge >= 0.3 is 0 Å². The number of hydrogen-bond acceptors (Lipinski definition) is 4. The molecule has 1 aromatic heterocycles. The standard InChI is InChI=1S/C18H18N4OS/c1-21(11-14-4-3-5-17(10-14)24-2)18(23)15-6-8-16(9-7-15)22-12-19-20-13-22/h3-10,12-13H,11H2,1-2H3. The molecule has 2 aromatic carbocycles. The van der Waals surface area contributed by atoms with E-state index in [-0.39, 0.29) is 5.91 Å². The highest BCUT2D eigenvalue weighted by molar-refractivity contribution is 7.98. The number of aromatic nitrogens is 3. The van der Waals surface area contributed by atoms with Crippen molar-refractivity contribution in [1.29, 1.82) is 0 Å². The molecule has 3 rings (SSSR count). The van der Waals surface area contributed by atoms with Gasteiger partial charge in [0.2, 0.25) is 0 Å². The minimum absolute atomic E-state index is 0.000129. The van der Waals surface area contributed by atoms with Gasteiger partial charge in [0, 0.05) is 29.7 Å². The van der Waals surface area contributed by atoms with E-state index < -0.39 is 0 Å². The average Bonchev–Trinajstić information content (AvgIpc) is 3.16. The summed E-state index contributed by atoms with van der Waals surface area (Å²) in [5, 5.41) is 7.56. The Morgan fingerprint density at radius 2 is 1.83 bits per heavy atom. The van der Waals surface area contributed by atoms with E-state index in [1.54, 1.807) is 33.9 Å². The van der Waals surface area contributed by atoms with Crippen LogP contribution in [0.15, 0.2) is 66.1 Å². The molecular formula is C18H18N4OS. The lowest BCUT2D eigenvalue weighted by Crippen LogP contribution is -2.26. The molecule has 0 spiro atoms. The zero-order valence-electron chi connectivity index (χ0n) is 13.6. The van der Waals surface area contributed by atoms with Crippen molar-refractivity contribution in [2.75, 3.05) is 13.3 Å². The predicted molar refractivity (Wildman–Crippen MR) is 95.4 cm³/mol. The lowest BCUT2D eigenvalue weighted by molar-refractivity contribution is 0.0785. The molecule has 0 aliphatic carbocycles. The highest BCUT2D eigenvalue weighted by Gasteiger charge is 2.12. The molecule has 24 heavy (non-hydrogen) atoms. The van der Waals surface area contributed by atoms with E-state index in [9.17, 15) is 4.79 Å². The number of thioether (sulfide) groups is 1. The molecule has 0 N–H and O–H groups in total. The Balaban J connectivity index is 1.71. The average molecular weight is 338 g/mol. The van der Waals surface area contributed by atoms with Crippen molar-refractivity contribution in [2.45, 2.75) is 11.4 Å². The Hall–Kier alpha value is -2.60. The van der Waals surface area contributed by atoms with Crippen molar-refractivity contribution in [2.24, 2.45) is 0 Å². The summed E-state index contributed by atoms with van der Waals surface area (Å²) >= 11 is 1.70. The normalized spacial score (nSPS) is 10.6. The van der Waals surface area contributed by atoms with Crippen molar-refractivity contribution in [1.82, 2.24) is 19.7 Å². The molecule has 0 atom stereocenters. The summed E-state index contributed by atoms with van der Waals surface area (Å²) in [5.41, 5.74) is 2.71. The van der Waals surface area contributed by atoms with E-state index in [0.717, 1.165) is 11.3 Å². The third-order valence-electron chi connectivity index (χ3n) is 3.73. The van der Waals surface area contributed by atoms with Crippen LogP contribution in [-0.2, 0) is 6.54 Å². The Bertz CT molecular complexity index is 815. The largest absolute Gasteiger partial charge is 0.337 e. The van der Waals surface area contributed by atoms with Crippen LogP contribution in [0.25, 0.3) is 5.69 Å². The number of benzene rings is 2. The smallest absolute Gasteiger partial charge is 0.253 e. The maximum atomic E-state index is 12.6. The molecule has 0 unspecified atom stereocenters. The van der Waals surface area contributed by atoms with E-state index in [1.807, 2.05) is 49.7 Å². The van der Waals surface area contributed by atoms with Crippen LogP contribution < -0.4 is 0 Å². The summed E-state index contributed by atoms with van der Waals surface area (Å²) in [6.07, 6.45) is 5.30. The highest BCUT2D eigenvalue weighted by Crippen LogP contribution is 2.17. The molecule has 1 amide bonds. The van der Waals surface area contributed by atoms with Crippen LogP contribution >= 0.6 is 11.8 Å². The Morgan fingerprint density at radius 1 is 1.12 bits per heavy atom. The summed E-state index contributed by atoms with van der Waals surface area (Å²) in [5.74, 6) is -0.000129. The number of carbonyl (C=O) groups excluding carboxylic acids is 1. The first-order chi connectivity index (χ1) is 11.7. The Kier molecular flexibility index (Phi) is 4.96. The quantitative estimate of drug-likeness (QED) is 0.670. The molecule has 0 radical (unpaired) electrons. The second-order valence-electron chi connectivity index (χ2n) is 5.43. The first kappa shape index (κ1) is 16.3. The van der Waals surface area contributed by atoms with Gasteiger partial charge in [-0.15, -0.1) is 22.0 Å². The van der Waals surface area contributed by atoms with Crippen molar-refractivity contribution < 1.29 is 4.79 Å². The second kappa shape index (κ2) is 7.31. The first-order valence-corrected chi connectivity index (χ1v) is 8.73. The van der Waals surface area contributed by atoms with E-state index >= 15 is 0 Å². The molecule has 0 fully saturated rings. The van der Waals surface area contributed by atoms with E-state index in [2.05, 4.69) is 22.3 Å². The van der Waals surface area contributed by atoms with Gasteiger partial charge in [0.25, 0.3) is 5.91 Å². The van der Waals surface area contributed by atoms with Gasteiger partial charge < -0.3 is 4.90 Å². The first-order valence-electron chi connectivity index (χ1n) is 7.51. The number of carbonyl (C=O) groups is 1. The number of nitrogens with zero attached hydrogens (tertiary/aromatic N) is 4. The molecular weight excluding hydrogens is 320 g/mol. The second-order valence-corrected chi connectivity index (χ2v) is 6.31. The highest BCUT2D eigenvalue weighted by atomic mass is 32.2. The molecule has 1 heterocycles. The van der Waals surface area contributed by atoms with Gasteiger partial charge in [-0.2, -0.15) is 0 Å². The van der Waals surface area contributed by atoms with Crippen LogP contribution in [0.2, 0.25) is 0 Å². The zero-order valence-corrected chi connectivity index (χ0v) is 14.4. The summed E-state index contributed by atoms with van der Waals surface area (Å²) in [6.45, 7) is 0.584. The van der Waals surface area contributed by atoms with Crippen LogP contribution in [0, 0.1) is 0 Å². The molecule has 3 aromatic rings. The van der Waals surface area contributed by atoms with Gasteiger partial charge in [-0.1, -0.05) is 12.1 Å². The maximum Gasteiger partial charge on any atom is 0.253 e. The van der Waals surface area contributed by atoms with Crippen molar-refractivity contribution in [3.8, 4) is 5.69 Å². The van der Waals surface area contributed by atoms with Crippen LogP contribution in [0.3, 0.4) is 0 Å². The third-order valence-corrected chi connectivity index (χ3v) is 4.46. The molecule has 0 aliphatic heterocycles. The van der Waals surface area contributed by atoms with Gasteiger partial charge in [0.1, 0.15) is 12.7 Å². The van der Waals surface area contributed by atoms with Crippen LogP contribution in [0.1, 0.15) is 15.9 Å². The lowest BCUT2D eigenvalue weighted by atomic mass is 10.1. The van der Waals surface area contributed by atoms with Gasteiger partial charge in [-0.05, 0) is 48.2 Å². The summed E-state index contributed by atoms with van der Waals surface area (Å²) in [7, 11) is 1.82. The third kappa shape index (κ3) is 3.65. The fraction of sp³-hybridized carbons (Fsp3) is 0.167. The Labute approximate surface area is 145 Å². The Morgan fingerprint density at radius 3 is 2.50 bits per heavy atom. The predicted octanol–water partition coefficient (Wildman–Crippen LogP) is 3.26. The van der Waals surface area contributed by atoms with E-state index in [4.69, 9.17) is 0 Å². The van der Waals surface area contributed by atoms with Gasteiger partial charge in [-0.25, -0.2) is 0 Å². The van der Waals surface area contributed by atoms with Crippen molar-refractivity contribution in [3.63, 3.8) is 0 Å². The van der Waals surface area contributed by atoms with Crippen LogP contribution in [0.5, 0.6) is 0 Å². The van der Waals surface area contributed by atoms with Crippen molar-refractivity contribution in [3.05, 3.63) is 72.3 Å². The topological polar surface area (TPSA) is 51.0 Å². The van der Waals surface area contributed by atoms with E-state index in [1.165, 1.54) is 4.90 Å². The maximum absolute atomic E-state index is 12.6. The molecule has 6 heteroatoms. The monoisotopic (exact) mass is 338 g/mol. The van der Waals surface area contributed by atoms with Crippen LogP contribution in [0.4, 0.5) is 0 Å². The number of amides is 1.